The molecule has 0 bridgehead atoms. The molecule has 0 aromatic heterocycles. The Morgan fingerprint density at radius 1 is 1.36 bits per heavy atom. The molecule has 1 rings (SSSR count). The second kappa shape index (κ2) is 5.13. The Bertz CT molecular complexity index is 166. The maximum absolute atomic E-state index is 5.74. The van der Waals surface area contributed by atoms with Crippen molar-refractivity contribution in [3.05, 3.63) is 0 Å². The van der Waals surface area contributed by atoms with E-state index in [1.54, 1.807) is 0 Å². The van der Waals surface area contributed by atoms with E-state index in [1.807, 2.05) is 0 Å². The van der Waals surface area contributed by atoms with Crippen LogP contribution in [0.15, 0.2) is 0 Å². The van der Waals surface area contributed by atoms with Gasteiger partial charge in [0.1, 0.15) is 0 Å². The molecule has 14 heavy (non-hydrogen) atoms. The first-order valence-corrected chi connectivity index (χ1v) is 6.03. The van der Waals surface area contributed by atoms with E-state index in [0.717, 1.165) is 26.1 Å². The van der Waals surface area contributed by atoms with Crippen molar-refractivity contribution in [1.29, 1.82) is 0 Å². The third-order valence-corrected chi connectivity index (χ3v) is 3.85. The Balaban J connectivity index is 2.58. The summed E-state index contributed by atoms with van der Waals surface area (Å²) in [5, 5.41) is 3.79. The van der Waals surface area contributed by atoms with Gasteiger partial charge in [0.05, 0.1) is 13.2 Å². The highest BCUT2D eigenvalue weighted by atomic mass is 16.5. The van der Waals surface area contributed by atoms with Crippen LogP contribution in [0.5, 0.6) is 0 Å². The summed E-state index contributed by atoms with van der Waals surface area (Å²) < 4.78 is 5.74. The zero-order valence-corrected chi connectivity index (χ0v) is 10.1. The van der Waals surface area contributed by atoms with Crippen molar-refractivity contribution in [3.8, 4) is 0 Å². The predicted octanol–water partition coefficient (Wildman–Crippen LogP) is 2.58. The minimum atomic E-state index is 0.242. The van der Waals surface area contributed by atoms with Gasteiger partial charge in [-0.3, -0.25) is 0 Å². The van der Waals surface area contributed by atoms with Crippen LogP contribution in [0.2, 0.25) is 0 Å². The fourth-order valence-electron chi connectivity index (χ4n) is 2.11. The Morgan fingerprint density at radius 2 is 2.00 bits per heavy atom. The monoisotopic (exact) mass is 199 g/mol. The van der Waals surface area contributed by atoms with Gasteiger partial charge < -0.3 is 10.1 Å². The molecule has 1 fully saturated rings. The fraction of sp³-hybridized carbons (Fsp3) is 1.00. The fourth-order valence-corrected chi connectivity index (χ4v) is 2.11. The summed E-state index contributed by atoms with van der Waals surface area (Å²) in [6, 6.07) is 0.550. The molecule has 1 saturated heterocycles. The van der Waals surface area contributed by atoms with Crippen LogP contribution in [0.4, 0.5) is 0 Å². The number of morpholine rings is 1. The molecule has 0 aromatic rings. The van der Waals surface area contributed by atoms with E-state index in [1.165, 1.54) is 6.42 Å². The first kappa shape index (κ1) is 12.0. The Hall–Kier alpha value is -0.0800. The summed E-state index contributed by atoms with van der Waals surface area (Å²) in [4.78, 5) is 0. The van der Waals surface area contributed by atoms with Crippen molar-refractivity contribution < 1.29 is 4.74 Å². The molecule has 0 saturated carbocycles. The van der Waals surface area contributed by atoms with E-state index in [4.69, 9.17) is 4.74 Å². The summed E-state index contributed by atoms with van der Waals surface area (Å²) in [7, 11) is 0. The van der Waals surface area contributed by atoms with Gasteiger partial charge in [-0.05, 0) is 18.8 Å². The van der Waals surface area contributed by atoms with Crippen molar-refractivity contribution in [2.45, 2.75) is 58.5 Å². The average molecular weight is 199 g/mol. The van der Waals surface area contributed by atoms with Crippen LogP contribution < -0.4 is 5.32 Å². The highest BCUT2D eigenvalue weighted by Gasteiger charge is 2.34. The number of ether oxygens (including phenoxy) is 1. The lowest BCUT2D eigenvalue weighted by Gasteiger charge is -2.43. The number of rotatable bonds is 4. The quantitative estimate of drug-likeness (QED) is 0.751. The standard InChI is InChI=1S/C12H25NO/c1-5-10(4)11-8-14-9-12(6-2,7-3)13-11/h10-11,13H,5-9H2,1-4H3/t10?,11-/m1/s1. The molecule has 0 amide bonds. The molecule has 0 radical (unpaired) electrons. The second-order valence-corrected chi connectivity index (χ2v) is 4.64. The van der Waals surface area contributed by atoms with Gasteiger partial charge in [0.2, 0.25) is 0 Å². The number of hydrogen-bond acceptors (Lipinski definition) is 2. The summed E-state index contributed by atoms with van der Waals surface area (Å²) in [6.07, 6.45) is 3.55. The molecule has 2 heteroatoms. The SMILES string of the molecule is CCC(C)[C@H]1COCC(CC)(CC)N1. The van der Waals surface area contributed by atoms with Crippen molar-refractivity contribution in [2.75, 3.05) is 13.2 Å². The maximum atomic E-state index is 5.74. The third-order valence-electron chi connectivity index (χ3n) is 3.85. The molecule has 0 spiro atoms. The van der Waals surface area contributed by atoms with Crippen LogP contribution in [0.1, 0.15) is 47.0 Å². The smallest absolute Gasteiger partial charge is 0.0648 e. The van der Waals surface area contributed by atoms with Crippen molar-refractivity contribution in [1.82, 2.24) is 5.32 Å². The van der Waals surface area contributed by atoms with Crippen molar-refractivity contribution in [2.24, 2.45) is 5.92 Å². The Kier molecular flexibility index (Phi) is 4.39. The van der Waals surface area contributed by atoms with E-state index < -0.39 is 0 Å². The van der Waals surface area contributed by atoms with Crippen molar-refractivity contribution >= 4 is 0 Å². The van der Waals surface area contributed by atoms with E-state index in [0.29, 0.717) is 12.0 Å². The minimum Gasteiger partial charge on any atom is -0.378 e. The van der Waals surface area contributed by atoms with Crippen molar-refractivity contribution in [3.63, 3.8) is 0 Å². The molecule has 0 aliphatic carbocycles. The van der Waals surface area contributed by atoms with E-state index in [9.17, 15) is 0 Å². The van der Waals surface area contributed by atoms with Gasteiger partial charge >= 0.3 is 0 Å². The van der Waals surface area contributed by atoms with E-state index >= 15 is 0 Å². The molecule has 1 aliphatic rings. The second-order valence-electron chi connectivity index (χ2n) is 4.64. The lowest BCUT2D eigenvalue weighted by atomic mass is 9.88. The maximum Gasteiger partial charge on any atom is 0.0648 e. The molecule has 1 aliphatic heterocycles. The molecular formula is C12H25NO. The van der Waals surface area contributed by atoms with Crippen LogP contribution in [0.3, 0.4) is 0 Å². The molecule has 1 N–H and O–H groups in total. The van der Waals surface area contributed by atoms with Crippen LogP contribution in [-0.4, -0.2) is 24.8 Å². The topological polar surface area (TPSA) is 21.3 Å². The average Bonchev–Trinajstić information content (AvgIpc) is 2.28. The molecule has 0 aromatic carbocycles. The van der Waals surface area contributed by atoms with Crippen LogP contribution in [0.25, 0.3) is 0 Å². The van der Waals surface area contributed by atoms with Gasteiger partial charge in [-0.25, -0.2) is 0 Å². The Labute approximate surface area is 88.4 Å². The third kappa shape index (κ3) is 2.48. The van der Waals surface area contributed by atoms with Gasteiger partial charge in [0.25, 0.3) is 0 Å². The molecule has 1 heterocycles. The van der Waals surface area contributed by atoms with Gasteiger partial charge in [0.15, 0.2) is 0 Å². The zero-order valence-electron chi connectivity index (χ0n) is 10.1. The molecule has 2 nitrogen and oxygen atoms in total. The highest BCUT2D eigenvalue weighted by Crippen LogP contribution is 2.23. The van der Waals surface area contributed by atoms with Gasteiger partial charge in [-0.1, -0.05) is 34.1 Å². The van der Waals surface area contributed by atoms with E-state index in [2.05, 4.69) is 33.0 Å². The van der Waals surface area contributed by atoms with Crippen LogP contribution >= 0.6 is 0 Å². The largest absolute Gasteiger partial charge is 0.378 e. The van der Waals surface area contributed by atoms with Gasteiger partial charge in [-0.2, -0.15) is 0 Å². The first-order chi connectivity index (χ1) is 6.67. The summed E-state index contributed by atoms with van der Waals surface area (Å²) in [6.45, 7) is 10.8. The van der Waals surface area contributed by atoms with Gasteiger partial charge in [-0.15, -0.1) is 0 Å². The lowest BCUT2D eigenvalue weighted by molar-refractivity contribution is -0.0189. The number of nitrogens with one attached hydrogen (secondary N) is 1. The van der Waals surface area contributed by atoms with E-state index in [-0.39, 0.29) is 5.54 Å². The Morgan fingerprint density at radius 3 is 2.50 bits per heavy atom. The predicted molar refractivity (Wildman–Crippen MR) is 60.5 cm³/mol. The zero-order chi connectivity index (χ0) is 10.6. The van der Waals surface area contributed by atoms with Gasteiger partial charge in [0, 0.05) is 11.6 Å². The normalized spacial score (nSPS) is 28.7. The highest BCUT2D eigenvalue weighted by molar-refractivity contribution is 4.93. The summed E-state index contributed by atoms with van der Waals surface area (Å²) >= 11 is 0. The molecule has 84 valence electrons. The molecular weight excluding hydrogens is 174 g/mol. The van der Waals surface area contributed by atoms with Crippen LogP contribution in [0, 0.1) is 5.92 Å². The molecule has 1 unspecified atom stereocenters. The summed E-state index contributed by atoms with van der Waals surface area (Å²) in [5.41, 5.74) is 0.242. The minimum absolute atomic E-state index is 0.242. The summed E-state index contributed by atoms with van der Waals surface area (Å²) in [5.74, 6) is 0.716. The van der Waals surface area contributed by atoms with Crippen LogP contribution in [-0.2, 0) is 4.74 Å². The first-order valence-electron chi connectivity index (χ1n) is 6.03. The molecule has 2 atom stereocenters. The number of hydrogen-bond donors (Lipinski definition) is 1. The lowest BCUT2D eigenvalue weighted by Crippen LogP contribution is -2.60.